The van der Waals surface area contributed by atoms with E-state index in [0.717, 1.165) is 37.7 Å². The van der Waals surface area contributed by atoms with Gasteiger partial charge in [0.1, 0.15) is 0 Å². The fourth-order valence-electron chi connectivity index (χ4n) is 1.95. The Morgan fingerprint density at radius 2 is 2.29 bits per heavy atom. The minimum absolute atomic E-state index is 0.0943. The minimum atomic E-state index is 0.0943. The molecule has 5 nitrogen and oxygen atoms in total. The maximum Gasteiger partial charge on any atom is 0.226 e. The first-order chi connectivity index (χ1) is 8.40. The van der Waals surface area contributed by atoms with E-state index >= 15 is 0 Å². The topological polar surface area (TPSA) is 60.2 Å². The first kappa shape index (κ1) is 12.5. The van der Waals surface area contributed by atoms with Crippen molar-refractivity contribution in [2.45, 2.75) is 45.1 Å². The van der Waals surface area contributed by atoms with Gasteiger partial charge in [0.2, 0.25) is 5.89 Å². The Labute approximate surface area is 102 Å². The number of morpholine rings is 1. The van der Waals surface area contributed by atoms with Gasteiger partial charge < -0.3 is 14.6 Å². The first-order valence-corrected chi connectivity index (χ1v) is 6.53. The zero-order chi connectivity index (χ0) is 11.9. The fourth-order valence-corrected chi connectivity index (χ4v) is 1.95. The number of aromatic nitrogens is 2. The monoisotopic (exact) mass is 239 g/mol. The van der Waals surface area contributed by atoms with Crippen molar-refractivity contribution >= 4 is 0 Å². The highest BCUT2D eigenvalue weighted by molar-refractivity contribution is 4.95. The van der Waals surface area contributed by atoms with Crippen molar-refractivity contribution in [1.29, 1.82) is 0 Å². The lowest BCUT2D eigenvalue weighted by molar-refractivity contribution is 0.0734. The van der Waals surface area contributed by atoms with Gasteiger partial charge in [-0.2, -0.15) is 4.98 Å². The average Bonchev–Trinajstić information content (AvgIpc) is 2.85. The quantitative estimate of drug-likeness (QED) is 0.768. The van der Waals surface area contributed by atoms with Crippen LogP contribution in [-0.2, 0) is 11.2 Å². The Morgan fingerprint density at radius 3 is 3.06 bits per heavy atom. The molecule has 1 aromatic rings. The smallest absolute Gasteiger partial charge is 0.226 e. The van der Waals surface area contributed by atoms with E-state index in [-0.39, 0.29) is 6.04 Å². The van der Waals surface area contributed by atoms with E-state index in [4.69, 9.17) is 9.26 Å². The molecule has 2 rings (SSSR count). The minimum Gasteiger partial charge on any atom is -0.378 e. The third-order valence-corrected chi connectivity index (χ3v) is 2.96. The van der Waals surface area contributed by atoms with Crippen molar-refractivity contribution in [2.75, 3.05) is 19.8 Å². The largest absolute Gasteiger partial charge is 0.378 e. The first-order valence-electron chi connectivity index (χ1n) is 6.53. The number of ether oxygens (including phenoxy) is 1. The molecule has 1 aliphatic heterocycles. The lowest BCUT2D eigenvalue weighted by Crippen LogP contribution is -2.35. The van der Waals surface area contributed by atoms with Crippen LogP contribution in [0.15, 0.2) is 4.52 Å². The number of hydrogen-bond acceptors (Lipinski definition) is 5. The van der Waals surface area contributed by atoms with E-state index in [1.165, 1.54) is 19.3 Å². The van der Waals surface area contributed by atoms with E-state index in [9.17, 15) is 0 Å². The molecule has 0 bridgehead atoms. The lowest BCUT2D eigenvalue weighted by Gasteiger charge is -2.20. The average molecular weight is 239 g/mol. The van der Waals surface area contributed by atoms with Crippen LogP contribution in [0.5, 0.6) is 0 Å². The predicted molar refractivity (Wildman–Crippen MR) is 63.7 cm³/mol. The number of aryl methyl sites for hydroxylation is 1. The van der Waals surface area contributed by atoms with E-state index in [2.05, 4.69) is 22.4 Å². The molecule has 1 aromatic heterocycles. The molecule has 96 valence electrons. The highest BCUT2D eigenvalue weighted by Gasteiger charge is 2.20. The lowest BCUT2D eigenvalue weighted by atomic mass is 10.1. The van der Waals surface area contributed by atoms with Crippen LogP contribution in [0.25, 0.3) is 0 Å². The van der Waals surface area contributed by atoms with Crippen molar-refractivity contribution in [3.63, 3.8) is 0 Å². The molecule has 0 saturated carbocycles. The second-order valence-corrected chi connectivity index (χ2v) is 4.44. The number of rotatable bonds is 6. The molecule has 0 aliphatic carbocycles. The Hall–Kier alpha value is -0.940. The summed E-state index contributed by atoms with van der Waals surface area (Å²) in [5, 5.41) is 7.33. The molecule has 1 fully saturated rings. The molecule has 0 radical (unpaired) electrons. The zero-order valence-corrected chi connectivity index (χ0v) is 10.4. The van der Waals surface area contributed by atoms with Crippen LogP contribution in [0.1, 0.15) is 50.4 Å². The molecular formula is C12H21N3O2. The summed E-state index contributed by atoms with van der Waals surface area (Å²) in [6.07, 6.45) is 5.78. The van der Waals surface area contributed by atoms with Gasteiger partial charge in [0.15, 0.2) is 5.82 Å². The molecule has 0 spiro atoms. The summed E-state index contributed by atoms with van der Waals surface area (Å²) >= 11 is 0. The molecule has 1 atom stereocenters. The molecule has 0 aromatic carbocycles. The Bertz CT molecular complexity index is 321. The summed E-state index contributed by atoms with van der Waals surface area (Å²) in [5.74, 6) is 1.48. The Kier molecular flexibility index (Phi) is 4.94. The van der Waals surface area contributed by atoms with Crippen molar-refractivity contribution < 1.29 is 9.26 Å². The third kappa shape index (κ3) is 3.78. The van der Waals surface area contributed by atoms with Crippen LogP contribution < -0.4 is 5.32 Å². The van der Waals surface area contributed by atoms with Crippen LogP contribution in [0.2, 0.25) is 0 Å². The van der Waals surface area contributed by atoms with E-state index in [1.54, 1.807) is 0 Å². The second-order valence-electron chi connectivity index (χ2n) is 4.44. The number of hydrogen-bond donors (Lipinski definition) is 1. The maximum absolute atomic E-state index is 5.37. The van der Waals surface area contributed by atoms with Crippen molar-refractivity contribution in [3.05, 3.63) is 11.7 Å². The van der Waals surface area contributed by atoms with E-state index in [0.29, 0.717) is 6.61 Å². The van der Waals surface area contributed by atoms with Crippen LogP contribution in [0.4, 0.5) is 0 Å². The van der Waals surface area contributed by atoms with Gasteiger partial charge >= 0.3 is 0 Å². The molecule has 5 heteroatoms. The Morgan fingerprint density at radius 1 is 1.35 bits per heavy atom. The predicted octanol–water partition coefficient (Wildman–Crippen LogP) is 1.85. The summed E-state index contributed by atoms with van der Waals surface area (Å²) in [5.41, 5.74) is 0. The van der Waals surface area contributed by atoms with Crippen molar-refractivity contribution in [3.8, 4) is 0 Å². The Balaban J connectivity index is 1.78. The van der Waals surface area contributed by atoms with Gasteiger partial charge in [0.25, 0.3) is 0 Å². The normalized spacial score (nSPS) is 20.6. The number of unbranched alkanes of at least 4 members (excludes halogenated alkanes) is 3. The van der Waals surface area contributed by atoms with Gasteiger partial charge in [-0.3, -0.25) is 0 Å². The summed E-state index contributed by atoms with van der Waals surface area (Å²) < 4.78 is 10.6. The summed E-state index contributed by atoms with van der Waals surface area (Å²) in [6, 6.07) is 0.0943. The standard InChI is InChI=1S/C12H21N3O2/c1-2-3-4-5-6-11-14-12(15-17-11)10-9-16-8-7-13-10/h10,13H,2-9H2,1H3. The van der Waals surface area contributed by atoms with Gasteiger partial charge in [-0.05, 0) is 6.42 Å². The zero-order valence-electron chi connectivity index (χ0n) is 10.4. The van der Waals surface area contributed by atoms with Gasteiger partial charge in [-0.1, -0.05) is 31.3 Å². The van der Waals surface area contributed by atoms with Crippen LogP contribution in [0.3, 0.4) is 0 Å². The molecule has 2 heterocycles. The number of nitrogens with zero attached hydrogens (tertiary/aromatic N) is 2. The summed E-state index contributed by atoms with van der Waals surface area (Å²) in [7, 11) is 0. The third-order valence-electron chi connectivity index (χ3n) is 2.96. The molecule has 1 aliphatic rings. The van der Waals surface area contributed by atoms with Crippen molar-refractivity contribution in [1.82, 2.24) is 15.5 Å². The van der Waals surface area contributed by atoms with Crippen LogP contribution >= 0.6 is 0 Å². The summed E-state index contributed by atoms with van der Waals surface area (Å²) in [6.45, 7) is 4.46. The van der Waals surface area contributed by atoms with Crippen LogP contribution in [-0.4, -0.2) is 29.9 Å². The molecular weight excluding hydrogens is 218 g/mol. The highest BCUT2D eigenvalue weighted by atomic mass is 16.5. The molecule has 0 amide bonds. The maximum atomic E-state index is 5.37. The SMILES string of the molecule is CCCCCCc1nc(C2COCCN2)no1. The molecule has 1 saturated heterocycles. The van der Waals surface area contributed by atoms with Gasteiger partial charge in [0, 0.05) is 13.0 Å². The molecule has 1 unspecified atom stereocenters. The van der Waals surface area contributed by atoms with Gasteiger partial charge in [-0.25, -0.2) is 0 Å². The van der Waals surface area contributed by atoms with Gasteiger partial charge in [-0.15, -0.1) is 0 Å². The highest BCUT2D eigenvalue weighted by Crippen LogP contribution is 2.13. The fraction of sp³-hybridized carbons (Fsp3) is 0.833. The van der Waals surface area contributed by atoms with E-state index < -0.39 is 0 Å². The van der Waals surface area contributed by atoms with Crippen molar-refractivity contribution in [2.24, 2.45) is 0 Å². The molecule has 1 N–H and O–H groups in total. The number of nitrogens with one attached hydrogen (secondary N) is 1. The second kappa shape index (κ2) is 6.71. The van der Waals surface area contributed by atoms with Crippen LogP contribution in [0, 0.1) is 0 Å². The van der Waals surface area contributed by atoms with Gasteiger partial charge in [0.05, 0.1) is 19.3 Å². The van der Waals surface area contributed by atoms with E-state index in [1.807, 2.05) is 0 Å². The summed E-state index contributed by atoms with van der Waals surface area (Å²) in [4.78, 5) is 4.41. The molecule has 17 heavy (non-hydrogen) atoms.